The molecule has 6 atom stereocenters. The van der Waals surface area contributed by atoms with Crippen molar-refractivity contribution in [3.8, 4) is 33.5 Å². The van der Waals surface area contributed by atoms with Gasteiger partial charge in [0.05, 0.1) is 48.2 Å². The van der Waals surface area contributed by atoms with Crippen molar-refractivity contribution < 1.29 is 19.1 Å². The van der Waals surface area contributed by atoms with E-state index in [0.29, 0.717) is 19.0 Å². The Labute approximate surface area is 328 Å². The van der Waals surface area contributed by atoms with Crippen molar-refractivity contribution in [3.05, 3.63) is 84.6 Å². The van der Waals surface area contributed by atoms with Crippen molar-refractivity contribution in [3.63, 3.8) is 0 Å². The summed E-state index contributed by atoms with van der Waals surface area (Å²) in [5, 5.41) is 2.73. The number of benzene rings is 3. The summed E-state index contributed by atoms with van der Waals surface area (Å²) in [7, 11) is 1.30. The number of fused-ring (bicyclic) bond motifs is 1. The van der Waals surface area contributed by atoms with Gasteiger partial charge in [-0.1, -0.05) is 96.1 Å². The Morgan fingerprint density at radius 1 is 0.750 bits per heavy atom. The first-order valence-corrected chi connectivity index (χ1v) is 19.8. The van der Waals surface area contributed by atoms with Gasteiger partial charge in [-0.25, -0.2) is 14.8 Å². The summed E-state index contributed by atoms with van der Waals surface area (Å²) in [4.78, 5) is 59.4. The van der Waals surface area contributed by atoms with Crippen molar-refractivity contribution in [2.24, 2.45) is 29.4 Å². The van der Waals surface area contributed by atoms with E-state index in [1.807, 2.05) is 49.8 Å². The molecule has 2 aromatic heterocycles. The molecule has 5 aromatic rings. The lowest BCUT2D eigenvalue weighted by Crippen LogP contribution is -2.51. The molecular weight excluding hydrogens is 705 g/mol. The molecule has 0 unspecified atom stereocenters. The number of alkyl carbamates (subject to hydrolysis) is 1. The number of nitrogens with zero attached hydrogens (tertiary/aromatic N) is 4. The molecule has 56 heavy (non-hydrogen) atoms. The van der Waals surface area contributed by atoms with Crippen molar-refractivity contribution in [2.45, 2.75) is 78.6 Å². The molecule has 294 valence electrons. The molecule has 2 aliphatic heterocycles. The fourth-order valence-corrected chi connectivity index (χ4v) is 8.17. The molecule has 3 amide bonds. The van der Waals surface area contributed by atoms with Crippen LogP contribution >= 0.6 is 0 Å². The number of methoxy groups -OCH3 is 1. The topological polar surface area (TPSA) is 162 Å². The summed E-state index contributed by atoms with van der Waals surface area (Å²) in [5.74, 6) is 2.04. The van der Waals surface area contributed by atoms with E-state index in [9.17, 15) is 14.4 Å². The highest BCUT2D eigenvalue weighted by Gasteiger charge is 2.41. The average molecular weight is 759 g/mol. The molecule has 0 spiro atoms. The number of aromatic nitrogens is 4. The standard InChI is InChI=1S/C44H54N8O4/c1-24(2)38(45)42(53)51-22-26(5)18-36(51)40-46-21-35(49-40)31-14-12-29(13-15-31)28-8-10-30(11-9-28)32-16-17-33-34(20-32)48-41(47-33)37-19-27(6)23-52(37)43(54)39(25(3)4)50-44(55)56-7/h8-17,20-21,24-27,36-39H,18-19,22-23,45H2,1-7H3,(H,46,49)(H,47,48)(H,50,55)/t26-,27-,36-,37-,38-,39-/m0/s1. The lowest BCUT2D eigenvalue weighted by Gasteiger charge is -2.30. The predicted molar refractivity (Wildman–Crippen MR) is 218 cm³/mol. The Bertz CT molecular complexity index is 2190. The molecule has 3 aromatic carbocycles. The zero-order chi connectivity index (χ0) is 39.8. The number of hydrogen-bond acceptors (Lipinski definition) is 7. The van der Waals surface area contributed by atoms with E-state index in [0.717, 1.165) is 69.0 Å². The number of amides is 3. The van der Waals surface area contributed by atoms with Gasteiger partial charge in [0.2, 0.25) is 11.8 Å². The van der Waals surface area contributed by atoms with Crippen molar-refractivity contribution >= 4 is 28.9 Å². The third-order valence-corrected chi connectivity index (χ3v) is 11.5. The maximum atomic E-state index is 13.7. The maximum absolute atomic E-state index is 13.7. The number of carbonyl (C=O) groups excluding carboxylic acids is 3. The largest absolute Gasteiger partial charge is 0.453 e. The van der Waals surface area contributed by atoms with E-state index in [1.54, 1.807) is 0 Å². The summed E-state index contributed by atoms with van der Waals surface area (Å²) >= 11 is 0. The number of imidazole rings is 2. The van der Waals surface area contributed by atoms with E-state index in [4.69, 9.17) is 20.4 Å². The number of nitrogens with two attached hydrogens (primary N) is 1. The van der Waals surface area contributed by atoms with Gasteiger partial charge >= 0.3 is 6.09 Å². The first kappa shape index (κ1) is 38.8. The molecular formula is C44H54N8O4. The zero-order valence-electron chi connectivity index (χ0n) is 33.4. The van der Waals surface area contributed by atoms with Crippen molar-refractivity contribution in [1.29, 1.82) is 0 Å². The van der Waals surface area contributed by atoms with Crippen LogP contribution in [0.5, 0.6) is 0 Å². The van der Waals surface area contributed by atoms with Crippen LogP contribution in [-0.4, -0.2) is 79.9 Å². The summed E-state index contributed by atoms with van der Waals surface area (Å²) in [6.07, 6.45) is 2.87. The maximum Gasteiger partial charge on any atom is 0.407 e. The highest BCUT2D eigenvalue weighted by atomic mass is 16.5. The molecule has 12 heteroatoms. The van der Waals surface area contributed by atoms with Crippen LogP contribution in [0.1, 0.15) is 78.1 Å². The third-order valence-electron chi connectivity index (χ3n) is 11.5. The van der Waals surface area contributed by atoms with Crippen molar-refractivity contribution in [1.82, 2.24) is 35.1 Å². The van der Waals surface area contributed by atoms with E-state index in [1.165, 1.54) is 7.11 Å². The summed E-state index contributed by atoms with van der Waals surface area (Å²) in [6, 6.07) is 21.6. The third kappa shape index (κ3) is 7.80. The fourth-order valence-electron chi connectivity index (χ4n) is 8.17. The van der Waals surface area contributed by atoms with Crippen LogP contribution in [0.15, 0.2) is 72.9 Å². The van der Waals surface area contributed by atoms with Crippen LogP contribution in [0.2, 0.25) is 0 Å². The molecule has 12 nitrogen and oxygen atoms in total. The predicted octanol–water partition coefficient (Wildman–Crippen LogP) is 7.47. The molecule has 4 heterocycles. The second-order valence-corrected chi connectivity index (χ2v) is 16.5. The smallest absolute Gasteiger partial charge is 0.407 e. The van der Waals surface area contributed by atoms with Gasteiger partial charge in [0, 0.05) is 13.1 Å². The van der Waals surface area contributed by atoms with Crippen LogP contribution in [-0.2, 0) is 14.3 Å². The number of aromatic amines is 2. The molecule has 2 fully saturated rings. The highest BCUT2D eigenvalue weighted by Crippen LogP contribution is 2.38. The number of rotatable bonds is 10. The van der Waals surface area contributed by atoms with Gasteiger partial charge in [-0.2, -0.15) is 0 Å². The quantitative estimate of drug-likeness (QED) is 0.115. The van der Waals surface area contributed by atoms with E-state index in [-0.39, 0.29) is 41.7 Å². The summed E-state index contributed by atoms with van der Waals surface area (Å²) in [6.45, 7) is 13.4. The van der Waals surface area contributed by atoms with Gasteiger partial charge in [-0.05, 0) is 76.5 Å². The SMILES string of the molecule is COC(=O)N[C@H](C(=O)N1C[C@@H](C)C[C@H]1c1nc2ccc(-c3ccc(-c4ccc(-c5cnc([C@@H]6C[C@H](C)CN6C(=O)[C@@H](N)C(C)C)[nH]5)cc4)cc3)cc2[nH]1)C(C)C. The van der Waals surface area contributed by atoms with Gasteiger partial charge in [-0.3, -0.25) is 9.59 Å². The Balaban J connectivity index is 1.04. The second kappa shape index (κ2) is 15.9. The normalized spacial score (nSPS) is 20.9. The molecule has 5 N–H and O–H groups in total. The minimum atomic E-state index is -0.692. The number of ether oxygens (including phenoxy) is 1. The van der Waals surface area contributed by atoms with E-state index < -0.39 is 18.2 Å². The molecule has 0 radical (unpaired) electrons. The Morgan fingerprint density at radius 3 is 1.86 bits per heavy atom. The zero-order valence-corrected chi connectivity index (χ0v) is 33.4. The Kier molecular flexibility index (Phi) is 11.0. The minimum Gasteiger partial charge on any atom is -0.453 e. The van der Waals surface area contributed by atoms with Gasteiger partial charge in [0.15, 0.2) is 0 Å². The van der Waals surface area contributed by atoms with Crippen LogP contribution in [0.25, 0.3) is 44.5 Å². The van der Waals surface area contributed by atoms with Crippen LogP contribution < -0.4 is 11.1 Å². The van der Waals surface area contributed by atoms with E-state index in [2.05, 4.69) is 89.8 Å². The van der Waals surface area contributed by atoms with Crippen LogP contribution in [0.3, 0.4) is 0 Å². The van der Waals surface area contributed by atoms with Gasteiger partial charge in [-0.15, -0.1) is 0 Å². The number of hydrogen-bond donors (Lipinski definition) is 4. The molecule has 0 saturated carbocycles. The van der Waals surface area contributed by atoms with Gasteiger partial charge in [0.1, 0.15) is 17.7 Å². The van der Waals surface area contributed by atoms with E-state index >= 15 is 0 Å². The number of nitrogens with one attached hydrogen (secondary N) is 3. The van der Waals surface area contributed by atoms with Gasteiger partial charge in [0.25, 0.3) is 0 Å². The van der Waals surface area contributed by atoms with Crippen molar-refractivity contribution in [2.75, 3.05) is 20.2 Å². The Hall–Kier alpha value is -5.49. The lowest BCUT2D eigenvalue weighted by molar-refractivity contribution is -0.136. The van der Waals surface area contributed by atoms with Crippen LogP contribution in [0, 0.1) is 23.7 Å². The molecule has 2 saturated heterocycles. The second-order valence-electron chi connectivity index (χ2n) is 16.5. The highest BCUT2D eigenvalue weighted by molar-refractivity contribution is 5.87. The average Bonchev–Trinajstić information content (AvgIpc) is 4.01. The lowest BCUT2D eigenvalue weighted by atomic mass is 9.99. The summed E-state index contributed by atoms with van der Waals surface area (Å²) < 4.78 is 4.79. The molecule has 7 rings (SSSR count). The summed E-state index contributed by atoms with van der Waals surface area (Å²) in [5.41, 5.74) is 14.3. The first-order valence-electron chi connectivity index (χ1n) is 19.8. The monoisotopic (exact) mass is 758 g/mol. The number of carbonyl (C=O) groups is 3. The molecule has 0 aliphatic carbocycles. The number of H-pyrrole nitrogens is 2. The number of likely N-dealkylation sites (tertiary alicyclic amines) is 2. The fraction of sp³-hybridized carbons (Fsp3) is 0.432. The molecule has 0 bridgehead atoms. The Morgan fingerprint density at radius 2 is 1.29 bits per heavy atom. The molecule has 2 aliphatic rings. The van der Waals surface area contributed by atoms with Gasteiger partial charge < -0.3 is 35.6 Å². The minimum absolute atomic E-state index is 0.0118. The first-order chi connectivity index (χ1) is 26.8. The van der Waals surface area contributed by atoms with Crippen LogP contribution in [0.4, 0.5) is 4.79 Å².